The van der Waals surface area contributed by atoms with Crippen LogP contribution in [0.25, 0.3) is 10.7 Å². The molecular weight excluding hydrogens is 390 g/mol. The summed E-state index contributed by atoms with van der Waals surface area (Å²) in [5, 5.41) is 5.98. The van der Waals surface area contributed by atoms with Crippen LogP contribution in [0.15, 0.2) is 22.0 Å². The van der Waals surface area contributed by atoms with Gasteiger partial charge in [-0.05, 0) is 30.7 Å². The minimum absolute atomic E-state index is 0.161. The molecule has 2 amide bonds. The zero-order valence-corrected chi connectivity index (χ0v) is 17.4. The molecule has 0 atom stereocenters. The summed E-state index contributed by atoms with van der Waals surface area (Å²) in [6, 6.07) is 3.91. The fourth-order valence-corrected chi connectivity index (χ4v) is 4.47. The highest BCUT2D eigenvalue weighted by molar-refractivity contribution is 7.13. The van der Waals surface area contributed by atoms with E-state index in [1.807, 2.05) is 27.3 Å². The number of hydrogen-bond donors (Lipinski definition) is 0. The van der Waals surface area contributed by atoms with Gasteiger partial charge in [0.05, 0.1) is 11.4 Å². The Morgan fingerprint density at radius 1 is 1.03 bits per heavy atom. The third kappa shape index (κ3) is 5.22. The molecule has 2 aliphatic heterocycles. The third-order valence-corrected chi connectivity index (χ3v) is 6.40. The Labute approximate surface area is 174 Å². The maximum absolute atomic E-state index is 12.5. The fourth-order valence-electron chi connectivity index (χ4n) is 3.82. The Balaban J connectivity index is 1.15. The summed E-state index contributed by atoms with van der Waals surface area (Å²) in [5.41, 5.74) is 0. The SMILES string of the molecule is O=C(CCCc1nc(-c2cccs2)no1)N1CCN(CC(=O)N2CCCC2)CC1. The quantitative estimate of drug-likeness (QED) is 0.684. The Kier molecular flexibility index (Phi) is 6.56. The highest BCUT2D eigenvalue weighted by Crippen LogP contribution is 2.21. The van der Waals surface area contributed by atoms with Crippen LogP contribution in [0.2, 0.25) is 0 Å². The number of likely N-dealkylation sites (tertiary alicyclic amines) is 1. The predicted molar refractivity (Wildman–Crippen MR) is 109 cm³/mol. The highest BCUT2D eigenvalue weighted by atomic mass is 32.1. The molecular formula is C20H27N5O3S. The van der Waals surface area contributed by atoms with E-state index in [4.69, 9.17) is 4.52 Å². The van der Waals surface area contributed by atoms with Gasteiger partial charge in [-0.3, -0.25) is 14.5 Å². The first-order valence-electron chi connectivity index (χ1n) is 10.3. The number of hydrogen-bond acceptors (Lipinski definition) is 7. The summed E-state index contributed by atoms with van der Waals surface area (Å²) in [5.74, 6) is 1.57. The normalized spacial score (nSPS) is 17.8. The number of nitrogens with zero attached hydrogens (tertiary/aromatic N) is 5. The molecule has 0 aromatic carbocycles. The van der Waals surface area contributed by atoms with Crippen molar-refractivity contribution in [1.29, 1.82) is 0 Å². The second-order valence-electron chi connectivity index (χ2n) is 7.59. The van der Waals surface area contributed by atoms with E-state index < -0.39 is 0 Å². The molecule has 0 bridgehead atoms. The van der Waals surface area contributed by atoms with E-state index in [0.717, 1.165) is 43.9 Å². The van der Waals surface area contributed by atoms with Crippen LogP contribution in [0.1, 0.15) is 31.6 Å². The highest BCUT2D eigenvalue weighted by Gasteiger charge is 2.25. The molecule has 8 nitrogen and oxygen atoms in total. The van der Waals surface area contributed by atoms with Gasteiger partial charge in [0.1, 0.15) is 0 Å². The summed E-state index contributed by atoms with van der Waals surface area (Å²) in [4.78, 5) is 36.2. The summed E-state index contributed by atoms with van der Waals surface area (Å²) in [6.45, 7) is 5.17. The molecule has 156 valence electrons. The second-order valence-corrected chi connectivity index (χ2v) is 8.54. The zero-order chi connectivity index (χ0) is 20.1. The van der Waals surface area contributed by atoms with E-state index >= 15 is 0 Å². The molecule has 29 heavy (non-hydrogen) atoms. The summed E-state index contributed by atoms with van der Waals surface area (Å²) >= 11 is 1.57. The van der Waals surface area contributed by atoms with Crippen LogP contribution in [0.3, 0.4) is 0 Å². The Morgan fingerprint density at radius 3 is 2.52 bits per heavy atom. The van der Waals surface area contributed by atoms with Crippen LogP contribution >= 0.6 is 11.3 Å². The molecule has 2 aromatic rings. The molecule has 9 heteroatoms. The first kappa shape index (κ1) is 20.0. The van der Waals surface area contributed by atoms with Crippen LogP contribution in [0.5, 0.6) is 0 Å². The van der Waals surface area contributed by atoms with E-state index in [9.17, 15) is 9.59 Å². The number of aromatic nitrogens is 2. The number of carbonyl (C=O) groups excluding carboxylic acids is 2. The topological polar surface area (TPSA) is 82.8 Å². The summed E-state index contributed by atoms with van der Waals surface area (Å²) < 4.78 is 5.29. The van der Waals surface area contributed by atoms with Crippen LogP contribution in [-0.2, 0) is 16.0 Å². The fraction of sp³-hybridized carbons (Fsp3) is 0.600. The minimum Gasteiger partial charge on any atom is -0.342 e. The van der Waals surface area contributed by atoms with Gasteiger partial charge in [0.15, 0.2) is 0 Å². The van der Waals surface area contributed by atoms with Crippen LogP contribution in [0, 0.1) is 0 Å². The van der Waals surface area contributed by atoms with E-state index in [2.05, 4.69) is 15.0 Å². The van der Waals surface area contributed by atoms with Gasteiger partial charge in [-0.25, -0.2) is 0 Å². The lowest BCUT2D eigenvalue weighted by Gasteiger charge is -2.35. The van der Waals surface area contributed by atoms with Crippen molar-refractivity contribution >= 4 is 23.2 Å². The maximum atomic E-state index is 12.5. The van der Waals surface area contributed by atoms with Crippen molar-refractivity contribution in [3.8, 4) is 10.7 Å². The molecule has 0 N–H and O–H groups in total. The lowest BCUT2D eigenvalue weighted by Crippen LogP contribution is -2.51. The monoisotopic (exact) mass is 417 g/mol. The number of thiophene rings is 1. The maximum Gasteiger partial charge on any atom is 0.236 e. The number of carbonyl (C=O) groups is 2. The molecule has 0 radical (unpaired) electrons. The van der Waals surface area contributed by atoms with Crippen molar-refractivity contribution in [2.24, 2.45) is 0 Å². The molecule has 2 saturated heterocycles. The molecule has 4 heterocycles. The molecule has 2 fully saturated rings. The van der Waals surface area contributed by atoms with E-state index in [0.29, 0.717) is 50.6 Å². The lowest BCUT2D eigenvalue weighted by molar-refractivity contribution is -0.134. The Hall–Kier alpha value is -2.26. The average Bonchev–Trinajstić information content (AvgIpc) is 3.50. The first-order chi connectivity index (χ1) is 14.2. The zero-order valence-electron chi connectivity index (χ0n) is 16.6. The second kappa shape index (κ2) is 9.49. The first-order valence-corrected chi connectivity index (χ1v) is 11.2. The molecule has 0 saturated carbocycles. The van der Waals surface area contributed by atoms with Gasteiger partial charge < -0.3 is 14.3 Å². The van der Waals surface area contributed by atoms with Crippen molar-refractivity contribution in [2.75, 3.05) is 45.8 Å². The molecule has 0 spiro atoms. The molecule has 4 rings (SSSR count). The van der Waals surface area contributed by atoms with E-state index in [1.165, 1.54) is 0 Å². The summed E-state index contributed by atoms with van der Waals surface area (Å²) in [7, 11) is 0. The van der Waals surface area contributed by atoms with E-state index in [-0.39, 0.29) is 11.8 Å². The van der Waals surface area contributed by atoms with Crippen molar-refractivity contribution in [2.45, 2.75) is 32.1 Å². The van der Waals surface area contributed by atoms with Gasteiger partial charge in [-0.15, -0.1) is 11.3 Å². The predicted octanol–water partition coefficient (Wildman–Crippen LogP) is 1.89. The number of rotatable bonds is 7. The number of aryl methyl sites for hydroxylation is 1. The standard InChI is InChI=1S/C20H27N5O3S/c26-18(7-3-6-17-21-20(22-28-17)16-5-4-14-29-16)25-12-10-23(11-13-25)15-19(27)24-8-1-2-9-24/h4-5,14H,1-3,6-13,15H2. The van der Waals surface area contributed by atoms with Gasteiger partial charge in [0.25, 0.3) is 0 Å². The number of piperazine rings is 1. The van der Waals surface area contributed by atoms with Gasteiger partial charge in [0, 0.05) is 52.1 Å². The molecule has 2 aromatic heterocycles. The van der Waals surface area contributed by atoms with Gasteiger partial charge in [0.2, 0.25) is 23.5 Å². The minimum atomic E-state index is 0.161. The van der Waals surface area contributed by atoms with Crippen LogP contribution in [-0.4, -0.2) is 82.5 Å². The summed E-state index contributed by atoms with van der Waals surface area (Å²) in [6.07, 6.45) is 4.01. The van der Waals surface area contributed by atoms with Crippen molar-refractivity contribution in [1.82, 2.24) is 24.8 Å². The van der Waals surface area contributed by atoms with Crippen LogP contribution < -0.4 is 0 Å². The van der Waals surface area contributed by atoms with Gasteiger partial charge >= 0.3 is 0 Å². The molecule has 2 aliphatic rings. The Bertz CT molecular complexity index is 808. The van der Waals surface area contributed by atoms with Crippen molar-refractivity contribution in [3.05, 3.63) is 23.4 Å². The smallest absolute Gasteiger partial charge is 0.236 e. The molecule has 0 unspecified atom stereocenters. The van der Waals surface area contributed by atoms with Crippen molar-refractivity contribution < 1.29 is 14.1 Å². The van der Waals surface area contributed by atoms with E-state index in [1.54, 1.807) is 11.3 Å². The lowest BCUT2D eigenvalue weighted by atomic mass is 10.2. The number of amides is 2. The third-order valence-electron chi connectivity index (χ3n) is 5.53. The molecule has 0 aliphatic carbocycles. The van der Waals surface area contributed by atoms with Gasteiger partial charge in [-0.2, -0.15) is 4.98 Å². The van der Waals surface area contributed by atoms with Crippen LogP contribution in [0.4, 0.5) is 0 Å². The van der Waals surface area contributed by atoms with Crippen molar-refractivity contribution in [3.63, 3.8) is 0 Å². The Morgan fingerprint density at radius 2 is 1.79 bits per heavy atom. The average molecular weight is 418 g/mol. The van der Waals surface area contributed by atoms with Gasteiger partial charge in [-0.1, -0.05) is 11.2 Å². The largest absolute Gasteiger partial charge is 0.342 e.